The van der Waals surface area contributed by atoms with Gasteiger partial charge in [0, 0.05) is 25.1 Å². The van der Waals surface area contributed by atoms with Gasteiger partial charge in [-0.05, 0) is 53.9 Å². The number of benzene rings is 2. The molecule has 2 N–H and O–H groups in total. The maximum atomic E-state index is 11.2. The zero-order valence-corrected chi connectivity index (χ0v) is 17.3. The van der Waals surface area contributed by atoms with Crippen molar-refractivity contribution in [2.75, 3.05) is 6.61 Å². The Morgan fingerprint density at radius 1 is 1.04 bits per heavy atom. The Hall–Kier alpha value is -1.68. The molecule has 2 aromatic carbocycles. The van der Waals surface area contributed by atoms with Crippen molar-refractivity contribution in [3.63, 3.8) is 0 Å². The third-order valence-electron chi connectivity index (χ3n) is 6.81. The Kier molecular flexibility index (Phi) is 5.59. The number of piperidine rings is 1. The van der Waals surface area contributed by atoms with E-state index in [-0.39, 0.29) is 24.8 Å². The van der Waals surface area contributed by atoms with E-state index in [0.29, 0.717) is 17.9 Å². The Labute approximate surface area is 169 Å². The minimum Gasteiger partial charge on any atom is -0.396 e. The van der Waals surface area contributed by atoms with Gasteiger partial charge in [-0.25, -0.2) is 0 Å². The van der Waals surface area contributed by atoms with Gasteiger partial charge in [-0.15, -0.1) is 0 Å². The number of likely N-dealkylation sites (tertiary alicyclic amines) is 1. The summed E-state index contributed by atoms with van der Waals surface area (Å²) in [6, 6.07) is 17.7. The van der Waals surface area contributed by atoms with Crippen molar-refractivity contribution in [1.29, 1.82) is 0 Å². The lowest BCUT2D eigenvalue weighted by molar-refractivity contribution is -0.0375. The molecule has 0 radical (unpaired) electrons. The number of hydrogen-bond acceptors (Lipinski definition) is 3. The average molecular weight is 380 g/mol. The number of rotatable bonds is 4. The first-order valence-corrected chi connectivity index (χ1v) is 10.7. The molecule has 0 amide bonds. The van der Waals surface area contributed by atoms with Crippen LogP contribution in [0.1, 0.15) is 73.9 Å². The van der Waals surface area contributed by atoms with Crippen molar-refractivity contribution in [1.82, 2.24) is 4.90 Å². The van der Waals surface area contributed by atoms with Gasteiger partial charge in [-0.1, -0.05) is 62.4 Å². The number of hydrogen-bond donors (Lipinski definition) is 2. The average Bonchev–Trinajstić information content (AvgIpc) is 3.03. The van der Waals surface area contributed by atoms with Gasteiger partial charge in [0.2, 0.25) is 0 Å². The largest absolute Gasteiger partial charge is 0.396 e. The highest BCUT2D eigenvalue weighted by Crippen LogP contribution is 2.49. The third kappa shape index (κ3) is 3.41. The van der Waals surface area contributed by atoms with Crippen LogP contribution in [0.5, 0.6) is 0 Å². The molecule has 1 aliphatic carbocycles. The summed E-state index contributed by atoms with van der Waals surface area (Å²) in [4.78, 5) is 2.56. The summed E-state index contributed by atoms with van der Waals surface area (Å²) in [6.07, 6.45) is 2.26. The van der Waals surface area contributed by atoms with Gasteiger partial charge in [0.15, 0.2) is 0 Å². The summed E-state index contributed by atoms with van der Waals surface area (Å²) in [6.45, 7) is 6.99. The molecule has 2 aromatic rings. The van der Waals surface area contributed by atoms with Gasteiger partial charge in [0.25, 0.3) is 0 Å². The quantitative estimate of drug-likeness (QED) is 0.816. The van der Waals surface area contributed by atoms with Gasteiger partial charge in [0.05, 0.1) is 12.1 Å². The molecule has 3 heteroatoms. The topological polar surface area (TPSA) is 43.7 Å². The maximum Gasteiger partial charge on any atom is 0.0777 e. The van der Waals surface area contributed by atoms with Crippen molar-refractivity contribution < 1.29 is 10.2 Å². The van der Waals surface area contributed by atoms with Gasteiger partial charge in [0.1, 0.15) is 0 Å². The fourth-order valence-electron chi connectivity index (χ4n) is 5.60. The summed E-state index contributed by atoms with van der Waals surface area (Å²) in [5.74, 6) is 0.748. The van der Waals surface area contributed by atoms with Crippen LogP contribution in [0.2, 0.25) is 0 Å². The summed E-state index contributed by atoms with van der Waals surface area (Å²) < 4.78 is 0. The molecular formula is C25H33NO2. The highest BCUT2D eigenvalue weighted by molar-refractivity contribution is 5.45. The van der Waals surface area contributed by atoms with E-state index in [9.17, 15) is 10.2 Å². The smallest absolute Gasteiger partial charge is 0.0777 e. The molecule has 0 saturated carbocycles. The number of nitrogens with zero attached hydrogens (tertiary/aromatic N) is 1. The van der Waals surface area contributed by atoms with Gasteiger partial charge >= 0.3 is 0 Å². The van der Waals surface area contributed by atoms with Gasteiger partial charge in [-0.3, -0.25) is 4.90 Å². The predicted octanol–water partition coefficient (Wildman–Crippen LogP) is 4.60. The minimum absolute atomic E-state index is 0.0217. The SMILES string of the molecule is CC(C)c1cccc2c1[C@H](N1[C@@H](C)C[C@H](CO)C[C@H]1c1ccccc1)[C@H](O)C2. The number of aliphatic hydroxyl groups is 2. The molecule has 5 atom stereocenters. The molecule has 4 rings (SSSR count). The first-order chi connectivity index (χ1) is 13.5. The molecule has 0 bridgehead atoms. The highest BCUT2D eigenvalue weighted by atomic mass is 16.3. The second-order valence-corrected chi connectivity index (χ2v) is 9.03. The van der Waals surface area contributed by atoms with Crippen molar-refractivity contribution in [3.8, 4) is 0 Å². The number of aliphatic hydroxyl groups excluding tert-OH is 2. The van der Waals surface area contributed by atoms with E-state index < -0.39 is 0 Å². The van der Waals surface area contributed by atoms with Crippen LogP contribution < -0.4 is 0 Å². The van der Waals surface area contributed by atoms with Crippen LogP contribution in [0.4, 0.5) is 0 Å². The molecule has 0 unspecified atom stereocenters. The standard InChI is InChI=1S/C25H33NO2/c1-16(2)21-11-7-10-20-14-23(28)25(24(20)21)26-17(3)12-18(15-27)13-22(26)19-8-5-4-6-9-19/h4-11,16-18,22-23,25,27-28H,12-15H2,1-3H3/t17-,18-,22-,23+,25+/m0/s1. The van der Waals surface area contributed by atoms with Crippen molar-refractivity contribution in [2.45, 2.75) is 70.2 Å². The highest BCUT2D eigenvalue weighted by Gasteiger charge is 2.45. The molecular weight excluding hydrogens is 346 g/mol. The lowest BCUT2D eigenvalue weighted by Gasteiger charge is -2.48. The molecule has 2 aliphatic rings. The van der Waals surface area contributed by atoms with E-state index in [1.807, 2.05) is 0 Å². The molecule has 1 heterocycles. The zero-order valence-electron chi connectivity index (χ0n) is 17.3. The first kappa shape index (κ1) is 19.6. The van der Waals surface area contributed by atoms with Crippen molar-refractivity contribution in [3.05, 3.63) is 70.8 Å². The summed E-state index contributed by atoms with van der Waals surface area (Å²) in [5, 5.41) is 21.1. The molecule has 1 saturated heterocycles. The fraction of sp³-hybridized carbons (Fsp3) is 0.520. The van der Waals surface area contributed by atoms with E-state index in [1.165, 1.54) is 22.3 Å². The first-order valence-electron chi connectivity index (χ1n) is 10.7. The van der Waals surface area contributed by atoms with Crippen molar-refractivity contribution in [2.24, 2.45) is 5.92 Å². The Morgan fingerprint density at radius 3 is 2.46 bits per heavy atom. The number of fused-ring (bicyclic) bond motifs is 1. The Balaban J connectivity index is 1.80. The summed E-state index contributed by atoms with van der Waals surface area (Å²) in [7, 11) is 0. The molecule has 150 valence electrons. The van der Waals surface area contributed by atoms with Crippen LogP contribution in [0.15, 0.2) is 48.5 Å². The second kappa shape index (κ2) is 7.98. The molecule has 28 heavy (non-hydrogen) atoms. The Morgan fingerprint density at radius 2 is 1.79 bits per heavy atom. The normalized spacial score (nSPS) is 30.6. The predicted molar refractivity (Wildman–Crippen MR) is 113 cm³/mol. The monoisotopic (exact) mass is 379 g/mol. The van der Waals surface area contributed by atoms with Crippen LogP contribution in [0, 0.1) is 5.92 Å². The maximum absolute atomic E-state index is 11.2. The van der Waals surface area contributed by atoms with Crippen LogP contribution in [0.3, 0.4) is 0 Å². The minimum atomic E-state index is -0.380. The molecule has 0 aromatic heterocycles. The fourth-order valence-corrected chi connectivity index (χ4v) is 5.60. The van der Waals surface area contributed by atoms with E-state index in [4.69, 9.17) is 0 Å². The second-order valence-electron chi connectivity index (χ2n) is 9.03. The van der Waals surface area contributed by atoms with Gasteiger partial charge < -0.3 is 10.2 Å². The van der Waals surface area contributed by atoms with E-state index >= 15 is 0 Å². The van der Waals surface area contributed by atoms with Crippen LogP contribution in [-0.4, -0.2) is 33.9 Å². The van der Waals surface area contributed by atoms with E-state index in [1.54, 1.807) is 0 Å². The molecule has 3 nitrogen and oxygen atoms in total. The van der Waals surface area contributed by atoms with E-state index in [0.717, 1.165) is 19.3 Å². The van der Waals surface area contributed by atoms with Crippen LogP contribution in [0.25, 0.3) is 0 Å². The molecule has 1 aliphatic heterocycles. The lowest BCUT2D eigenvalue weighted by atomic mass is 9.81. The van der Waals surface area contributed by atoms with Crippen molar-refractivity contribution >= 4 is 0 Å². The summed E-state index contributed by atoms with van der Waals surface area (Å²) in [5.41, 5.74) is 5.30. The summed E-state index contributed by atoms with van der Waals surface area (Å²) >= 11 is 0. The third-order valence-corrected chi connectivity index (χ3v) is 6.81. The molecule has 1 fully saturated rings. The van der Waals surface area contributed by atoms with Gasteiger partial charge in [-0.2, -0.15) is 0 Å². The van der Waals surface area contributed by atoms with Crippen LogP contribution >= 0.6 is 0 Å². The lowest BCUT2D eigenvalue weighted by Crippen LogP contribution is -2.48. The van der Waals surface area contributed by atoms with E-state index in [2.05, 4.69) is 74.2 Å². The zero-order chi connectivity index (χ0) is 19.8. The molecule has 0 spiro atoms. The van der Waals surface area contributed by atoms with Crippen LogP contribution in [-0.2, 0) is 6.42 Å². The Bertz CT molecular complexity index is 803.